The van der Waals surface area contributed by atoms with Gasteiger partial charge in [-0.1, -0.05) is 6.08 Å². The van der Waals surface area contributed by atoms with E-state index in [4.69, 9.17) is 0 Å². The lowest BCUT2D eigenvalue weighted by molar-refractivity contribution is 0.101. The molecule has 0 aliphatic heterocycles. The first-order valence-corrected chi connectivity index (χ1v) is 5.01. The van der Waals surface area contributed by atoms with Gasteiger partial charge in [0.05, 0.1) is 0 Å². The zero-order chi connectivity index (χ0) is 11.3. The van der Waals surface area contributed by atoms with Crippen LogP contribution in [0, 0.1) is 0 Å². The third-order valence-electron chi connectivity index (χ3n) is 2.21. The Morgan fingerprint density at radius 3 is 2.93 bits per heavy atom. The van der Waals surface area contributed by atoms with E-state index in [-0.39, 0.29) is 5.78 Å². The van der Waals surface area contributed by atoms with Crippen molar-refractivity contribution in [2.45, 2.75) is 13.8 Å². The molecule has 0 N–H and O–H groups in total. The average Bonchev–Trinajstić information content (AvgIpc) is 2.26. The first-order chi connectivity index (χ1) is 7.19. The SMILES string of the molecule is C=CCN(CC)c1cc(C(C)=O)ccn1. The second kappa shape index (κ2) is 5.29. The highest BCUT2D eigenvalue weighted by Crippen LogP contribution is 2.12. The van der Waals surface area contributed by atoms with E-state index in [9.17, 15) is 4.79 Å². The first kappa shape index (κ1) is 11.4. The van der Waals surface area contributed by atoms with Gasteiger partial charge in [-0.25, -0.2) is 4.98 Å². The summed E-state index contributed by atoms with van der Waals surface area (Å²) in [5.74, 6) is 0.887. The van der Waals surface area contributed by atoms with E-state index >= 15 is 0 Å². The number of aromatic nitrogens is 1. The van der Waals surface area contributed by atoms with Gasteiger partial charge in [0, 0.05) is 24.8 Å². The maximum absolute atomic E-state index is 11.2. The number of nitrogens with zero attached hydrogens (tertiary/aromatic N) is 2. The van der Waals surface area contributed by atoms with Gasteiger partial charge in [-0.3, -0.25) is 4.79 Å². The van der Waals surface area contributed by atoms with Crippen LogP contribution in [0.2, 0.25) is 0 Å². The van der Waals surface area contributed by atoms with Crippen LogP contribution in [-0.4, -0.2) is 23.9 Å². The van der Waals surface area contributed by atoms with Gasteiger partial charge >= 0.3 is 0 Å². The third-order valence-corrected chi connectivity index (χ3v) is 2.21. The molecule has 0 atom stereocenters. The summed E-state index contributed by atoms with van der Waals surface area (Å²) in [7, 11) is 0. The molecule has 0 spiro atoms. The van der Waals surface area contributed by atoms with Crippen molar-refractivity contribution in [3.05, 3.63) is 36.5 Å². The number of carbonyl (C=O) groups is 1. The summed E-state index contributed by atoms with van der Waals surface area (Å²) in [5, 5.41) is 0. The molecule has 0 radical (unpaired) electrons. The summed E-state index contributed by atoms with van der Waals surface area (Å²) in [6.07, 6.45) is 3.49. The predicted octanol–water partition coefficient (Wildman–Crippen LogP) is 2.30. The van der Waals surface area contributed by atoms with Crippen molar-refractivity contribution in [2.24, 2.45) is 0 Å². The van der Waals surface area contributed by atoms with E-state index < -0.39 is 0 Å². The van der Waals surface area contributed by atoms with Crippen LogP contribution in [-0.2, 0) is 0 Å². The smallest absolute Gasteiger partial charge is 0.159 e. The highest BCUT2D eigenvalue weighted by molar-refractivity contribution is 5.94. The van der Waals surface area contributed by atoms with Crippen LogP contribution in [0.5, 0.6) is 0 Å². The van der Waals surface area contributed by atoms with Gasteiger partial charge in [0.25, 0.3) is 0 Å². The van der Waals surface area contributed by atoms with Gasteiger partial charge < -0.3 is 4.90 Å². The molecule has 1 rings (SSSR count). The topological polar surface area (TPSA) is 33.2 Å². The second-order valence-corrected chi connectivity index (χ2v) is 3.29. The lowest BCUT2D eigenvalue weighted by atomic mass is 10.2. The van der Waals surface area contributed by atoms with Crippen molar-refractivity contribution in [1.82, 2.24) is 4.98 Å². The predicted molar refractivity (Wildman–Crippen MR) is 62.3 cm³/mol. The fourth-order valence-electron chi connectivity index (χ4n) is 1.35. The Morgan fingerprint density at radius 2 is 2.40 bits per heavy atom. The van der Waals surface area contributed by atoms with Gasteiger partial charge in [0.1, 0.15) is 5.82 Å². The molecule has 0 aliphatic carbocycles. The molecular formula is C12H16N2O. The molecule has 0 saturated carbocycles. The van der Waals surface area contributed by atoms with E-state index in [0.717, 1.165) is 18.9 Å². The van der Waals surface area contributed by atoms with Crippen LogP contribution in [0.3, 0.4) is 0 Å². The molecule has 0 aromatic carbocycles. The Bertz CT molecular complexity index is 360. The molecule has 0 fully saturated rings. The van der Waals surface area contributed by atoms with Crippen LogP contribution in [0.25, 0.3) is 0 Å². The van der Waals surface area contributed by atoms with Crippen molar-refractivity contribution in [3.63, 3.8) is 0 Å². The summed E-state index contributed by atoms with van der Waals surface area (Å²) in [5.41, 5.74) is 0.697. The fraction of sp³-hybridized carbons (Fsp3) is 0.333. The summed E-state index contributed by atoms with van der Waals surface area (Å²) >= 11 is 0. The fourth-order valence-corrected chi connectivity index (χ4v) is 1.35. The van der Waals surface area contributed by atoms with Gasteiger partial charge in [-0.05, 0) is 26.0 Å². The van der Waals surface area contributed by atoms with Gasteiger partial charge in [-0.15, -0.1) is 6.58 Å². The lowest BCUT2D eigenvalue weighted by Crippen LogP contribution is -2.23. The zero-order valence-corrected chi connectivity index (χ0v) is 9.23. The molecule has 0 saturated heterocycles. The minimum Gasteiger partial charge on any atom is -0.353 e. The minimum absolute atomic E-state index is 0.0632. The molecule has 3 nitrogen and oxygen atoms in total. The molecule has 0 aliphatic rings. The molecule has 3 heteroatoms. The van der Waals surface area contributed by atoms with E-state index in [0.29, 0.717) is 5.56 Å². The summed E-state index contributed by atoms with van der Waals surface area (Å²) < 4.78 is 0. The van der Waals surface area contributed by atoms with E-state index in [1.54, 1.807) is 19.2 Å². The molecule has 0 amide bonds. The molecule has 1 aromatic rings. The number of carbonyl (C=O) groups excluding carboxylic acids is 1. The van der Waals surface area contributed by atoms with Crippen LogP contribution in [0.1, 0.15) is 24.2 Å². The number of anilines is 1. The minimum atomic E-state index is 0.0632. The largest absolute Gasteiger partial charge is 0.353 e. The Labute approximate surface area is 90.4 Å². The highest BCUT2D eigenvalue weighted by atomic mass is 16.1. The van der Waals surface area contributed by atoms with Crippen molar-refractivity contribution in [1.29, 1.82) is 0 Å². The number of ketones is 1. The highest BCUT2D eigenvalue weighted by Gasteiger charge is 2.06. The maximum Gasteiger partial charge on any atom is 0.159 e. The zero-order valence-electron chi connectivity index (χ0n) is 9.23. The summed E-state index contributed by atoms with van der Waals surface area (Å²) in [6.45, 7) is 8.89. The van der Waals surface area contributed by atoms with Gasteiger partial charge in [0.2, 0.25) is 0 Å². The van der Waals surface area contributed by atoms with Gasteiger partial charge in [0.15, 0.2) is 5.78 Å². The third kappa shape index (κ3) is 2.91. The number of hydrogen-bond acceptors (Lipinski definition) is 3. The molecule has 1 aromatic heterocycles. The molecule has 15 heavy (non-hydrogen) atoms. The van der Waals surface area contributed by atoms with Crippen LogP contribution < -0.4 is 4.90 Å². The van der Waals surface area contributed by atoms with Crippen molar-refractivity contribution in [2.75, 3.05) is 18.0 Å². The lowest BCUT2D eigenvalue weighted by Gasteiger charge is -2.20. The monoisotopic (exact) mass is 204 g/mol. The van der Waals surface area contributed by atoms with E-state index in [1.165, 1.54) is 0 Å². The van der Waals surface area contributed by atoms with Crippen molar-refractivity contribution < 1.29 is 4.79 Å². The molecule has 1 heterocycles. The van der Waals surface area contributed by atoms with E-state index in [2.05, 4.69) is 16.5 Å². The standard InChI is InChI=1S/C12H16N2O/c1-4-8-14(5-2)12-9-11(10(3)15)6-7-13-12/h4,6-7,9H,1,5,8H2,2-3H3. The second-order valence-electron chi connectivity index (χ2n) is 3.29. The number of Topliss-reactive ketones (excluding diaryl/α,β-unsaturated/α-hetero) is 1. The summed E-state index contributed by atoms with van der Waals surface area (Å²) in [6, 6.07) is 3.54. The molecule has 0 unspecified atom stereocenters. The summed E-state index contributed by atoms with van der Waals surface area (Å²) in [4.78, 5) is 17.5. The van der Waals surface area contributed by atoms with Gasteiger partial charge in [-0.2, -0.15) is 0 Å². The van der Waals surface area contributed by atoms with Crippen LogP contribution in [0.15, 0.2) is 31.0 Å². The number of hydrogen-bond donors (Lipinski definition) is 0. The molecule has 80 valence electrons. The quantitative estimate of drug-likeness (QED) is 0.545. The van der Waals surface area contributed by atoms with Crippen molar-refractivity contribution >= 4 is 11.6 Å². The Kier molecular flexibility index (Phi) is 4.03. The number of likely N-dealkylation sites (N-methyl/N-ethyl adjacent to an activating group) is 1. The number of rotatable bonds is 5. The average molecular weight is 204 g/mol. The number of pyridine rings is 1. The Balaban J connectivity index is 2.97. The van der Waals surface area contributed by atoms with Crippen LogP contribution in [0.4, 0.5) is 5.82 Å². The Morgan fingerprint density at radius 1 is 1.67 bits per heavy atom. The van der Waals surface area contributed by atoms with E-state index in [1.807, 2.05) is 19.1 Å². The Hall–Kier alpha value is -1.64. The first-order valence-electron chi connectivity index (χ1n) is 5.01. The van der Waals surface area contributed by atoms with Crippen LogP contribution >= 0.6 is 0 Å². The maximum atomic E-state index is 11.2. The van der Waals surface area contributed by atoms with Crippen molar-refractivity contribution in [3.8, 4) is 0 Å². The molecule has 0 bridgehead atoms. The normalized spacial score (nSPS) is 9.73. The molecular weight excluding hydrogens is 188 g/mol.